The average Bonchev–Trinajstić information content (AvgIpc) is 2.35. The second kappa shape index (κ2) is 10.3. The number of ether oxygens (including phenoxy) is 1. The molecule has 0 bridgehead atoms. The molecule has 0 unspecified atom stereocenters. The van der Waals surface area contributed by atoms with Gasteiger partial charge in [-0.2, -0.15) is 0 Å². The molecule has 114 valence electrons. The van der Waals surface area contributed by atoms with Crippen LogP contribution in [0.15, 0.2) is 0 Å². The molecule has 1 rings (SSSR count). The summed E-state index contributed by atoms with van der Waals surface area (Å²) in [6.45, 7) is 3.16. The minimum atomic E-state index is -0.600. The van der Waals surface area contributed by atoms with Crippen molar-refractivity contribution in [3.63, 3.8) is 0 Å². The third-order valence-corrected chi connectivity index (χ3v) is 3.02. The largest absolute Gasteiger partial charge is 0.469 e. The van der Waals surface area contributed by atoms with Crippen LogP contribution in [0, 0.1) is 0 Å². The third-order valence-electron chi connectivity index (χ3n) is 3.02. The summed E-state index contributed by atoms with van der Waals surface area (Å²) in [6.07, 6.45) is 0.537. The molecule has 1 saturated heterocycles. The Balaban J connectivity index is 0. The topological polar surface area (TPSA) is 75.9 Å². The second-order valence-corrected chi connectivity index (χ2v) is 4.35. The van der Waals surface area contributed by atoms with Crippen LogP contribution >= 0.6 is 24.8 Å². The van der Waals surface area contributed by atoms with E-state index < -0.39 is 6.04 Å². The molecule has 1 aliphatic heterocycles. The van der Waals surface area contributed by atoms with Crippen molar-refractivity contribution in [1.29, 1.82) is 0 Å². The van der Waals surface area contributed by atoms with Crippen molar-refractivity contribution in [3.8, 4) is 0 Å². The van der Waals surface area contributed by atoms with Crippen LogP contribution in [-0.2, 0) is 14.3 Å². The molecule has 0 aromatic rings. The van der Waals surface area contributed by atoms with Crippen LogP contribution in [-0.4, -0.2) is 68.1 Å². The van der Waals surface area contributed by atoms with Crippen LogP contribution in [0.3, 0.4) is 0 Å². The molecule has 1 heterocycles. The molecular formula is C11H23Cl2N3O3. The van der Waals surface area contributed by atoms with Gasteiger partial charge >= 0.3 is 5.97 Å². The van der Waals surface area contributed by atoms with Crippen molar-refractivity contribution < 1.29 is 14.3 Å². The van der Waals surface area contributed by atoms with Crippen molar-refractivity contribution in [2.75, 3.05) is 40.3 Å². The lowest BCUT2D eigenvalue weighted by molar-refractivity contribution is -0.141. The van der Waals surface area contributed by atoms with E-state index in [-0.39, 0.29) is 43.1 Å². The monoisotopic (exact) mass is 315 g/mol. The number of likely N-dealkylation sites (N-methyl/N-ethyl adjacent to an activating group) is 1. The van der Waals surface area contributed by atoms with Gasteiger partial charge in [-0.25, -0.2) is 0 Å². The van der Waals surface area contributed by atoms with Crippen LogP contribution in [0.5, 0.6) is 0 Å². The fraction of sp³-hybridized carbons (Fsp3) is 0.818. The van der Waals surface area contributed by atoms with E-state index in [0.717, 1.165) is 13.1 Å². The zero-order chi connectivity index (χ0) is 12.8. The number of hydrogen-bond acceptors (Lipinski definition) is 5. The lowest BCUT2D eigenvalue weighted by Gasteiger charge is -2.33. The highest BCUT2D eigenvalue weighted by Crippen LogP contribution is 2.05. The lowest BCUT2D eigenvalue weighted by Crippen LogP contribution is -2.52. The molecule has 0 aliphatic carbocycles. The summed E-state index contributed by atoms with van der Waals surface area (Å²) < 4.78 is 4.51. The molecule has 0 aromatic heterocycles. The third kappa shape index (κ3) is 6.96. The van der Waals surface area contributed by atoms with Crippen molar-refractivity contribution in [3.05, 3.63) is 0 Å². The molecule has 2 N–H and O–H groups in total. The van der Waals surface area contributed by atoms with Gasteiger partial charge in [0.25, 0.3) is 0 Å². The van der Waals surface area contributed by atoms with Gasteiger partial charge in [0.15, 0.2) is 0 Å². The van der Waals surface area contributed by atoms with E-state index >= 15 is 0 Å². The van der Waals surface area contributed by atoms with Crippen LogP contribution in [0.1, 0.15) is 12.8 Å². The molecule has 6 nitrogen and oxygen atoms in total. The SMILES string of the molecule is COC(=O)CC[C@H](N)C(=O)N1CCN(C)CC1.Cl.Cl. The Bertz CT molecular complexity index is 284. The number of nitrogens with zero attached hydrogens (tertiary/aromatic N) is 2. The predicted octanol–water partition coefficient (Wildman–Crippen LogP) is -0.116. The summed E-state index contributed by atoms with van der Waals surface area (Å²) in [4.78, 5) is 26.8. The smallest absolute Gasteiger partial charge is 0.305 e. The maximum atomic E-state index is 11.9. The normalized spacial score (nSPS) is 16.9. The molecule has 0 radical (unpaired) electrons. The first kappa shape index (κ1) is 20.8. The zero-order valence-electron chi connectivity index (χ0n) is 11.3. The molecule has 0 saturated carbocycles. The highest BCUT2D eigenvalue weighted by Gasteiger charge is 2.24. The van der Waals surface area contributed by atoms with Gasteiger partial charge in [-0.05, 0) is 13.5 Å². The first-order chi connectivity index (χ1) is 8.04. The highest BCUT2D eigenvalue weighted by atomic mass is 35.5. The predicted molar refractivity (Wildman–Crippen MR) is 77.8 cm³/mol. The van der Waals surface area contributed by atoms with Gasteiger partial charge in [0.1, 0.15) is 0 Å². The fourth-order valence-electron chi connectivity index (χ4n) is 1.76. The van der Waals surface area contributed by atoms with Crippen LogP contribution in [0.25, 0.3) is 0 Å². The standard InChI is InChI=1S/C11H21N3O3.2ClH/c1-13-5-7-14(8-6-13)11(16)9(12)3-4-10(15)17-2;;/h9H,3-8,12H2,1-2H3;2*1H/t9-;;/m0../s1. The summed E-state index contributed by atoms with van der Waals surface area (Å²) in [7, 11) is 3.36. The number of rotatable bonds is 4. The number of piperazine rings is 1. The van der Waals surface area contributed by atoms with Gasteiger partial charge in [-0.1, -0.05) is 0 Å². The van der Waals surface area contributed by atoms with E-state index in [1.165, 1.54) is 7.11 Å². The van der Waals surface area contributed by atoms with E-state index in [4.69, 9.17) is 5.73 Å². The number of esters is 1. The molecule has 19 heavy (non-hydrogen) atoms. The number of carbonyl (C=O) groups is 2. The zero-order valence-corrected chi connectivity index (χ0v) is 13.0. The number of methoxy groups -OCH3 is 1. The van der Waals surface area contributed by atoms with E-state index in [2.05, 4.69) is 9.64 Å². The van der Waals surface area contributed by atoms with Crippen molar-refractivity contribution >= 4 is 36.7 Å². The summed E-state index contributed by atoms with van der Waals surface area (Å²) in [5.74, 6) is -0.395. The molecule has 8 heteroatoms. The Morgan fingerprint density at radius 1 is 1.21 bits per heavy atom. The Hall–Kier alpha value is -0.560. The summed E-state index contributed by atoms with van der Waals surface area (Å²) in [6, 6.07) is -0.600. The molecule has 1 atom stereocenters. The van der Waals surface area contributed by atoms with Crippen LogP contribution < -0.4 is 5.73 Å². The van der Waals surface area contributed by atoms with Crippen molar-refractivity contribution in [1.82, 2.24) is 9.80 Å². The maximum absolute atomic E-state index is 11.9. The molecule has 1 aliphatic rings. The molecular weight excluding hydrogens is 293 g/mol. The van der Waals surface area contributed by atoms with E-state index in [0.29, 0.717) is 19.5 Å². The number of hydrogen-bond donors (Lipinski definition) is 1. The van der Waals surface area contributed by atoms with Crippen molar-refractivity contribution in [2.24, 2.45) is 5.73 Å². The average molecular weight is 316 g/mol. The molecule has 0 spiro atoms. The second-order valence-electron chi connectivity index (χ2n) is 4.35. The Labute approximate surface area is 126 Å². The number of amides is 1. The fourth-order valence-corrected chi connectivity index (χ4v) is 1.76. The summed E-state index contributed by atoms with van der Waals surface area (Å²) in [5, 5.41) is 0. The summed E-state index contributed by atoms with van der Waals surface area (Å²) >= 11 is 0. The minimum Gasteiger partial charge on any atom is -0.469 e. The first-order valence-corrected chi connectivity index (χ1v) is 5.84. The van der Waals surface area contributed by atoms with Gasteiger partial charge < -0.3 is 20.3 Å². The van der Waals surface area contributed by atoms with Crippen LogP contribution in [0.4, 0.5) is 0 Å². The van der Waals surface area contributed by atoms with Gasteiger partial charge in [0.2, 0.25) is 5.91 Å². The van der Waals surface area contributed by atoms with Crippen molar-refractivity contribution in [2.45, 2.75) is 18.9 Å². The van der Waals surface area contributed by atoms with Crippen LogP contribution in [0.2, 0.25) is 0 Å². The number of halogens is 2. The van der Waals surface area contributed by atoms with E-state index in [1.54, 1.807) is 4.90 Å². The quantitative estimate of drug-likeness (QED) is 0.732. The molecule has 1 fully saturated rings. The molecule has 0 aromatic carbocycles. The highest BCUT2D eigenvalue weighted by molar-refractivity contribution is 5.85. The van der Waals surface area contributed by atoms with E-state index in [9.17, 15) is 9.59 Å². The number of carbonyl (C=O) groups excluding carboxylic acids is 2. The van der Waals surface area contributed by atoms with Gasteiger partial charge in [0, 0.05) is 32.6 Å². The Morgan fingerprint density at radius 2 is 1.74 bits per heavy atom. The van der Waals surface area contributed by atoms with Gasteiger partial charge in [-0.15, -0.1) is 24.8 Å². The van der Waals surface area contributed by atoms with E-state index in [1.807, 2.05) is 7.05 Å². The minimum absolute atomic E-state index is 0. The van der Waals surface area contributed by atoms with Gasteiger partial charge in [-0.3, -0.25) is 9.59 Å². The number of nitrogens with two attached hydrogens (primary N) is 1. The van der Waals surface area contributed by atoms with Gasteiger partial charge in [0.05, 0.1) is 13.2 Å². The molecule has 1 amide bonds. The summed E-state index contributed by atoms with van der Waals surface area (Å²) in [5.41, 5.74) is 5.77. The Kier molecular flexibility index (Phi) is 11.2. The maximum Gasteiger partial charge on any atom is 0.305 e. The lowest BCUT2D eigenvalue weighted by atomic mass is 10.1. The first-order valence-electron chi connectivity index (χ1n) is 5.84. The Morgan fingerprint density at radius 3 is 2.21 bits per heavy atom.